The van der Waals surface area contributed by atoms with Gasteiger partial charge in [0, 0.05) is 11.5 Å². The highest BCUT2D eigenvalue weighted by molar-refractivity contribution is 7.99. The second kappa shape index (κ2) is 6.38. The fourth-order valence-corrected chi connectivity index (χ4v) is 3.34. The molecule has 132 valence electrons. The Morgan fingerprint density at radius 2 is 1.92 bits per heavy atom. The van der Waals surface area contributed by atoms with Crippen molar-refractivity contribution in [3.05, 3.63) is 40.5 Å². The molecular formula is C15H12ClF3N4OS. The standard InChI is InChI=1S/C15H12ClF3N4OS/c1-6-3-8-4-9(21-13(16)12(8)24-6)7(2)25-14-22-10(15(17,18)19)5-11(20)23-14/h3-5,7H,1-2H3,(H2,20,22,23). The molecule has 3 rings (SSSR count). The van der Waals surface area contributed by atoms with Crippen molar-refractivity contribution < 1.29 is 17.6 Å². The van der Waals surface area contributed by atoms with Crippen LogP contribution in [0.4, 0.5) is 19.0 Å². The van der Waals surface area contributed by atoms with E-state index in [0.29, 0.717) is 23.1 Å². The van der Waals surface area contributed by atoms with Gasteiger partial charge in [-0.05, 0) is 26.0 Å². The molecular weight excluding hydrogens is 377 g/mol. The fourth-order valence-electron chi connectivity index (χ4n) is 2.23. The number of aromatic nitrogens is 3. The number of fused-ring (bicyclic) bond motifs is 1. The summed E-state index contributed by atoms with van der Waals surface area (Å²) in [5, 5.41) is 0.531. The van der Waals surface area contributed by atoms with Crippen LogP contribution in [0.1, 0.15) is 29.3 Å². The molecule has 0 amide bonds. The molecule has 0 aliphatic heterocycles. The number of anilines is 1. The van der Waals surface area contributed by atoms with Crippen LogP contribution in [0.5, 0.6) is 0 Å². The Morgan fingerprint density at radius 3 is 2.60 bits per heavy atom. The second-order valence-corrected chi connectivity index (χ2v) is 7.00. The van der Waals surface area contributed by atoms with Gasteiger partial charge in [-0.3, -0.25) is 0 Å². The average molecular weight is 389 g/mol. The lowest BCUT2D eigenvalue weighted by atomic mass is 10.2. The molecule has 10 heteroatoms. The van der Waals surface area contributed by atoms with Crippen LogP contribution < -0.4 is 5.73 Å². The second-order valence-electron chi connectivity index (χ2n) is 5.33. The van der Waals surface area contributed by atoms with Crippen LogP contribution in [0.25, 0.3) is 11.0 Å². The lowest BCUT2D eigenvalue weighted by Gasteiger charge is -2.12. The first-order valence-corrected chi connectivity index (χ1v) is 8.34. The summed E-state index contributed by atoms with van der Waals surface area (Å²) < 4.78 is 44.0. The molecule has 0 spiro atoms. The van der Waals surface area contributed by atoms with Crippen molar-refractivity contribution in [1.29, 1.82) is 0 Å². The van der Waals surface area contributed by atoms with Crippen LogP contribution in [0.15, 0.2) is 27.8 Å². The first-order valence-electron chi connectivity index (χ1n) is 7.08. The van der Waals surface area contributed by atoms with Crippen molar-refractivity contribution >= 4 is 40.1 Å². The van der Waals surface area contributed by atoms with Crippen molar-refractivity contribution in [1.82, 2.24) is 15.0 Å². The normalized spacial score (nSPS) is 13.4. The Morgan fingerprint density at radius 1 is 1.20 bits per heavy atom. The summed E-state index contributed by atoms with van der Waals surface area (Å²) in [5.41, 5.74) is 5.42. The van der Waals surface area contributed by atoms with Gasteiger partial charge in [-0.15, -0.1) is 0 Å². The molecule has 0 saturated heterocycles. The summed E-state index contributed by atoms with van der Waals surface area (Å²) in [7, 11) is 0. The van der Waals surface area contributed by atoms with Crippen molar-refractivity contribution in [3.63, 3.8) is 0 Å². The Balaban J connectivity index is 1.92. The van der Waals surface area contributed by atoms with E-state index in [4.69, 9.17) is 21.8 Å². The zero-order valence-corrected chi connectivity index (χ0v) is 14.6. The number of nitrogens with zero attached hydrogens (tertiary/aromatic N) is 3. The topological polar surface area (TPSA) is 77.8 Å². The first-order chi connectivity index (χ1) is 11.6. The van der Waals surface area contributed by atoms with E-state index in [2.05, 4.69) is 15.0 Å². The third kappa shape index (κ3) is 3.82. The summed E-state index contributed by atoms with van der Waals surface area (Å²) in [6, 6.07) is 4.28. The molecule has 0 bridgehead atoms. The fraction of sp³-hybridized carbons (Fsp3) is 0.267. The van der Waals surface area contributed by atoms with Crippen molar-refractivity contribution in [3.8, 4) is 0 Å². The monoisotopic (exact) mass is 388 g/mol. The van der Waals surface area contributed by atoms with Crippen molar-refractivity contribution in [2.75, 3.05) is 5.73 Å². The summed E-state index contributed by atoms with van der Waals surface area (Å²) in [6.45, 7) is 3.55. The van der Waals surface area contributed by atoms with Crippen LogP contribution in [0.2, 0.25) is 5.15 Å². The van der Waals surface area contributed by atoms with Crippen molar-refractivity contribution in [2.45, 2.75) is 30.4 Å². The smallest absolute Gasteiger partial charge is 0.433 e. The van der Waals surface area contributed by atoms with Crippen LogP contribution in [-0.2, 0) is 6.18 Å². The molecule has 0 aliphatic rings. The zero-order valence-electron chi connectivity index (χ0n) is 13.1. The largest absolute Gasteiger partial charge is 0.458 e. The molecule has 0 aliphatic carbocycles. The van der Waals surface area contributed by atoms with Gasteiger partial charge in [0.2, 0.25) is 0 Å². The number of furan rings is 1. The maximum atomic E-state index is 12.8. The minimum Gasteiger partial charge on any atom is -0.458 e. The minimum atomic E-state index is -4.59. The molecule has 1 unspecified atom stereocenters. The van der Waals surface area contributed by atoms with Gasteiger partial charge in [-0.1, -0.05) is 23.4 Å². The van der Waals surface area contributed by atoms with Crippen LogP contribution in [0.3, 0.4) is 0 Å². The van der Waals surface area contributed by atoms with Crippen LogP contribution in [0, 0.1) is 6.92 Å². The first kappa shape index (κ1) is 17.8. The molecule has 0 aromatic carbocycles. The summed E-state index contributed by atoms with van der Waals surface area (Å²) >= 11 is 7.13. The Labute approximate surface area is 149 Å². The quantitative estimate of drug-likeness (QED) is 0.385. The highest BCUT2D eigenvalue weighted by Gasteiger charge is 2.33. The number of hydrogen-bond acceptors (Lipinski definition) is 6. The van der Waals surface area contributed by atoms with E-state index in [9.17, 15) is 13.2 Å². The van der Waals surface area contributed by atoms with Crippen LogP contribution in [-0.4, -0.2) is 15.0 Å². The molecule has 3 aromatic rings. The number of thioether (sulfide) groups is 1. The highest BCUT2D eigenvalue weighted by atomic mass is 35.5. The third-order valence-electron chi connectivity index (χ3n) is 3.32. The van der Waals surface area contributed by atoms with E-state index < -0.39 is 11.9 Å². The van der Waals surface area contributed by atoms with Gasteiger partial charge in [0.25, 0.3) is 0 Å². The number of nitrogens with two attached hydrogens (primary N) is 1. The molecule has 5 nitrogen and oxygen atoms in total. The number of pyridine rings is 1. The third-order valence-corrected chi connectivity index (χ3v) is 4.56. The highest BCUT2D eigenvalue weighted by Crippen LogP contribution is 2.37. The number of nitrogen functional groups attached to an aromatic ring is 1. The van der Waals surface area contributed by atoms with E-state index in [1.807, 2.05) is 6.07 Å². The summed E-state index contributed by atoms with van der Waals surface area (Å²) in [5.74, 6) is 0.439. The average Bonchev–Trinajstić information content (AvgIpc) is 2.86. The predicted octanol–water partition coefficient (Wildman–Crippen LogP) is 5.03. The number of halogens is 4. The minimum absolute atomic E-state index is 0.0822. The lowest BCUT2D eigenvalue weighted by Crippen LogP contribution is -2.11. The van der Waals surface area contributed by atoms with Gasteiger partial charge in [0.1, 0.15) is 11.6 Å². The maximum Gasteiger partial charge on any atom is 0.433 e. The molecule has 0 saturated carbocycles. The maximum absolute atomic E-state index is 12.8. The number of alkyl halides is 3. The number of hydrogen-bond donors (Lipinski definition) is 1. The van der Waals surface area contributed by atoms with E-state index in [-0.39, 0.29) is 21.4 Å². The van der Waals surface area contributed by atoms with Crippen LogP contribution >= 0.6 is 23.4 Å². The van der Waals surface area contributed by atoms with E-state index in [1.165, 1.54) is 0 Å². The molecule has 2 N–H and O–H groups in total. The predicted molar refractivity (Wildman–Crippen MR) is 89.5 cm³/mol. The molecule has 25 heavy (non-hydrogen) atoms. The lowest BCUT2D eigenvalue weighted by molar-refractivity contribution is -0.141. The van der Waals surface area contributed by atoms with E-state index in [0.717, 1.165) is 17.1 Å². The molecule has 1 atom stereocenters. The Hall–Kier alpha value is -2.00. The van der Waals surface area contributed by atoms with Gasteiger partial charge in [0.15, 0.2) is 21.6 Å². The SMILES string of the molecule is Cc1cc2cc(C(C)Sc3nc(N)cc(C(F)(F)F)n3)nc(Cl)c2o1. The Bertz CT molecular complexity index is 944. The number of aryl methyl sites for hydroxylation is 1. The van der Waals surface area contributed by atoms with E-state index >= 15 is 0 Å². The van der Waals surface area contributed by atoms with Gasteiger partial charge >= 0.3 is 6.18 Å². The number of rotatable bonds is 3. The van der Waals surface area contributed by atoms with Gasteiger partial charge in [-0.25, -0.2) is 15.0 Å². The zero-order chi connectivity index (χ0) is 18.4. The van der Waals surface area contributed by atoms with Gasteiger partial charge < -0.3 is 10.2 Å². The Kier molecular flexibility index (Phi) is 4.54. The van der Waals surface area contributed by atoms with E-state index in [1.54, 1.807) is 19.9 Å². The van der Waals surface area contributed by atoms with Gasteiger partial charge in [-0.2, -0.15) is 13.2 Å². The molecule has 0 fully saturated rings. The summed E-state index contributed by atoms with van der Waals surface area (Å²) in [6.07, 6.45) is -4.59. The molecule has 3 aromatic heterocycles. The molecule has 3 heterocycles. The van der Waals surface area contributed by atoms with Crippen molar-refractivity contribution in [2.24, 2.45) is 0 Å². The van der Waals surface area contributed by atoms with Gasteiger partial charge in [0.05, 0.1) is 10.9 Å². The summed E-state index contributed by atoms with van der Waals surface area (Å²) in [4.78, 5) is 11.6. The molecule has 0 radical (unpaired) electrons.